The Hall–Kier alpha value is -0.940. The maximum absolute atomic E-state index is 5.58. The summed E-state index contributed by atoms with van der Waals surface area (Å²) in [4.78, 5) is 7.16. The molecule has 118 valence electrons. The first kappa shape index (κ1) is 15.0. The number of aromatic nitrogens is 2. The van der Waals surface area contributed by atoms with Gasteiger partial charge in [-0.05, 0) is 25.7 Å². The largest absolute Gasteiger partial charge is 0.338 e. The molecule has 1 aliphatic carbocycles. The molecule has 1 aromatic heterocycles. The SMILES string of the molecule is CCC1CCCC(c2noc(C(C)N3CCNCC3)n2)C1. The third-order valence-corrected chi connectivity index (χ3v) is 5.24. The summed E-state index contributed by atoms with van der Waals surface area (Å²) in [7, 11) is 0. The average Bonchev–Trinajstić information content (AvgIpc) is 3.05. The van der Waals surface area contributed by atoms with Crippen LogP contribution in [0, 0.1) is 5.92 Å². The zero-order chi connectivity index (χ0) is 14.7. The van der Waals surface area contributed by atoms with E-state index in [1.165, 1.54) is 32.1 Å². The summed E-state index contributed by atoms with van der Waals surface area (Å²) >= 11 is 0. The highest BCUT2D eigenvalue weighted by molar-refractivity contribution is 5.00. The van der Waals surface area contributed by atoms with Crippen LogP contribution in [0.3, 0.4) is 0 Å². The maximum Gasteiger partial charge on any atom is 0.243 e. The molecule has 2 aliphatic rings. The summed E-state index contributed by atoms with van der Waals surface area (Å²) in [5.41, 5.74) is 0. The predicted octanol–water partition coefficient (Wildman–Crippen LogP) is 2.72. The van der Waals surface area contributed by atoms with E-state index < -0.39 is 0 Å². The first-order chi connectivity index (χ1) is 10.3. The Labute approximate surface area is 127 Å². The number of nitrogens with zero attached hydrogens (tertiary/aromatic N) is 3. The third kappa shape index (κ3) is 3.46. The lowest BCUT2D eigenvalue weighted by molar-refractivity contribution is 0.154. The van der Waals surface area contributed by atoms with Crippen molar-refractivity contribution in [3.8, 4) is 0 Å². The van der Waals surface area contributed by atoms with Crippen LogP contribution in [0.2, 0.25) is 0 Å². The van der Waals surface area contributed by atoms with Crippen LogP contribution < -0.4 is 5.32 Å². The second-order valence-electron chi connectivity index (χ2n) is 6.59. The first-order valence-electron chi connectivity index (χ1n) is 8.56. The Kier molecular flexibility index (Phi) is 4.91. The molecule has 0 bridgehead atoms. The van der Waals surface area contributed by atoms with Crippen molar-refractivity contribution < 1.29 is 4.52 Å². The highest BCUT2D eigenvalue weighted by atomic mass is 16.5. The van der Waals surface area contributed by atoms with E-state index in [-0.39, 0.29) is 6.04 Å². The van der Waals surface area contributed by atoms with Crippen molar-refractivity contribution in [1.82, 2.24) is 20.4 Å². The molecule has 2 fully saturated rings. The van der Waals surface area contributed by atoms with Crippen LogP contribution in [0.1, 0.15) is 69.6 Å². The van der Waals surface area contributed by atoms with Gasteiger partial charge in [0.05, 0.1) is 6.04 Å². The minimum absolute atomic E-state index is 0.235. The van der Waals surface area contributed by atoms with Gasteiger partial charge in [-0.25, -0.2) is 0 Å². The molecule has 3 atom stereocenters. The van der Waals surface area contributed by atoms with Gasteiger partial charge in [-0.1, -0.05) is 31.3 Å². The van der Waals surface area contributed by atoms with Gasteiger partial charge < -0.3 is 9.84 Å². The van der Waals surface area contributed by atoms with Crippen molar-refractivity contribution in [2.24, 2.45) is 5.92 Å². The van der Waals surface area contributed by atoms with E-state index in [4.69, 9.17) is 9.51 Å². The summed E-state index contributed by atoms with van der Waals surface area (Å²) in [6.07, 6.45) is 6.41. The van der Waals surface area contributed by atoms with Gasteiger partial charge in [0, 0.05) is 32.1 Å². The monoisotopic (exact) mass is 292 g/mol. The van der Waals surface area contributed by atoms with E-state index in [9.17, 15) is 0 Å². The molecule has 0 aromatic carbocycles. The Balaban J connectivity index is 1.65. The van der Waals surface area contributed by atoms with E-state index in [1.54, 1.807) is 0 Å². The molecule has 1 N–H and O–H groups in total. The van der Waals surface area contributed by atoms with Crippen LogP contribution in [0.5, 0.6) is 0 Å². The molecule has 1 aromatic rings. The Morgan fingerprint density at radius 1 is 1.33 bits per heavy atom. The smallest absolute Gasteiger partial charge is 0.243 e. The van der Waals surface area contributed by atoms with Gasteiger partial charge in [0.25, 0.3) is 0 Å². The Morgan fingerprint density at radius 2 is 2.14 bits per heavy atom. The summed E-state index contributed by atoms with van der Waals surface area (Å²) < 4.78 is 5.58. The van der Waals surface area contributed by atoms with Crippen molar-refractivity contribution in [2.75, 3.05) is 26.2 Å². The lowest BCUT2D eigenvalue weighted by atomic mass is 9.80. The molecule has 21 heavy (non-hydrogen) atoms. The molecule has 3 unspecified atom stereocenters. The van der Waals surface area contributed by atoms with Crippen LogP contribution >= 0.6 is 0 Å². The molecule has 1 saturated heterocycles. The zero-order valence-electron chi connectivity index (χ0n) is 13.3. The van der Waals surface area contributed by atoms with Gasteiger partial charge >= 0.3 is 0 Å². The fraction of sp³-hybridized carbons (Fsp3) is 0.875. The van der Waals surface area contributed by atoms with Crippen molar-refractivity contribution in [2.45, 2.75) is 57.9 Å². The number of rotatable bonds is 4. The fourth-order valence-corrected chi connectivity index (χ4v) is 3.70. The quantitative estimate of drug-likeness (QED) is 0.924. The number of piperazine rings is 1. The Bertz CT molecular complexity index is 425. The van der Waals surface area contributed by atoms with Gasteiger partial charge in [0.1, 0.15) is 0 Å². The van der Waals surface area contributed by atoms with Crippen molar-refractivity contribution >= 4 is 0 Å². The van der Waals surface area contributed by atoms with E-state index in [0.29, 0.717) is 5.92 Å². The van der Waals surface area contributed by atoms with Crippen LogP contribution in [-0.2, 0) is 0 Å². The molecule has 2 heterocycles. The lowest BCUT2D eigenvalue weighted by Crippen LogP contribution is -2.44. The van der Waals surface area contributed by atoms with Crippen LogP contribution in [0.4, 0.5) is 0 Å². The summed E-state index contributed by atoms with van der Waals surface area (Å²) in [5.74, 6) is 3.10. The second kappa shape index (κ2) is 6.88. The minimum atomic E-state index is 0.235. The van der Waals surface area contributed by atoms with Gasteiger partial charge in [-0.15, -0.1) is 0 Å². The Morgan fingerprint density at radius 3 is 2.90 bits per heavy atom. The molecule has 1 aliphatic heterocycles. The first-order valence-corrected chi connectivity index (χ1v) is 8.56. The summed E-state index contributed by atoms with van der Waals surface area (Å²) in [5, 5.41) is 7.68. The van der Waals surface area contributed by atoms with Crippen molar-refractivity contribution in [3.05, 3.63) is 11.7 Å². The average molecular weight is 292 g/mol. The molecular formula is C16H28N4O. The molecule has 1 saturated carbocycles. The molecule has 3 rings (SSSR count). The van der Waals surface area contributed by atoms with Gasteiger partial charge in [0.2, 0.25) is 5.89 Å². The van der Waals surface area contributed by atoms with E-state index in [0.717, 1.165) is 43.8 Å². The standard InChI is InChI=1S/C16H28N4O/c1-3-13-5-4-6-14(11-13)15-18-16(21-19-15)12(2)20-9-7-17-8-10-20/h12-14,17H,3-11H2,1-2H3. The van der Waals surface area contributed by atoms with Crippen LogP contribution in [-0.4, -0.2) is 41.2 Å². The number of nitrogens with one attached hydrogen (secondary N) is 1. The van der Waals surface area contributed by atoms with Gasteiger partial charge in [-0.3, -0.25) is 4.90 Å². The number of hydrogen-bond acceptors (Lipinski definition) is 5. The molecule has 5 heteroatoms. The van der Waals surface area contributed by atoms with Gasteiger partial charge in [-0.2, -0.15) is 4.98 Å². The van der Waals surface area contributed by atoms with Crippen molar-refractivity contribution in [1.29, 1.82) is 0 Å². The maximum atomic E-state index is 5.58. The van der Waals surface area contributed by atoms with Crippen LogP contribution in [0.15, 0.2) is 4.52 Å². The second-order valence-corrected chi connectivity index (χ2v) is 6.59. The van der Waals surface area contributed by atoms with Crippen LogP contribution in [0.25, 0.3) is 0 Å². The molecule has 0 spiro atoms. The zero-order valence-corrected chi connectivity index (χ0v) is 13.3. The summed E-state index contributed by atoms with van der Waals surface area (Å²) in [6, 6.07) is 0.235. The minimum Gasteiger partial charge on any atom is -0.338 e. The molecule has 0 radical (unpaired) electrons. The highest BCUT2D eigenvalue weighted by Crippen LogP contribution is 2.36. The molecule has 5 nitrogen and oxygen atoms in total. The normalized spacial score (nSPS) is 29.4. The predicted molar refractivity (Wildman–Crippen MR) is 82.1 cm³/mol. The van der Waals surface area contributed by atoms with Crippen molar-refractivity contribution in [3.63, 3.8) is 0 Å². The topological polar surface area (TPSA) is 54.2 Å². The van der Waals surface area contributed by atoms with E-state index in [1.807, 2.05) is 0 Å². The van der Waals surface area contributed by atoms with E-state index in [2.05, 4.69) is 29.2 Å². The summed E-state index contributed by atoms with van der Waals surface area (Å²) in [6.45, 7) is 8.68. The number of hydrogen-bond donors (Lipinski definition) is 1. The third-order valence-electron chi connectivity index (χ3n) is 5.24. The highest BCUT2D eigenvalue weighted by Gasteiger charge is 2.28. The van der Waals surface area contributed by atoms with Gasteiger partial charge in [0.15, 0.2) is 5.82 Å². The fourth-order valence-electron chi connectivity index (χ4n) is 3.70. The lowest BCUT2D eigenvalue weighted by Gasteiger charge is -2.30. The molecular weight excluding hydrogens is 264 g/mol. The molecule has 0 amide bonds. The van der Waals surface area contributed by atoms with E-state index >= 15 is 0 Å².